The van der Waals surface area contributed by atoms with E-state index in [9.17, 15) is 23.6 Å². The van der Waals surface area contributed by atoms with E-state index in [4.69, 9.17) is 11.6 Å². The number of nitrogens with zero attached hydrogens (tertiary/aromatic N) is 1. The van der Waals surface area contributed by atoms with Crippen molar-refractivity contribution >= 4 is 40.7 Å². The monoisotopic (exact) mass is 339 g/mol. The third kappa shape index (κ3) is 3.47. The Kier molecular flexibility index (Phi) is 4.94. The van der Waals surface area contributed by atoms with Gasteiger partial charge in [-0.25, -0.2) is 4.39 Å². The van der Waals surface area contributed by atoms with E-state index in [-0.39, 0.29) is 35.1 Å². The number of imide groups is 1. The highest BCUT2D eigenvalue weighted by Gasteiger charge is 2.41. The molecule has 0 spiro atoms. The smallest absolute Gasteiger partial charge is 0.237 e. The standard InChI is InChI=1S/C16H15ClFNO4/c1-8(20)12(9(2)21)5-10-6-15(22)19(16(10)23)11-3-4-14(18)13(17)7-11/h3-4,7,10,12H,5-6H2,1-2H3. The van der Waals surface area contributed by atoms with Gasteiger partial charge < -0.3 is 0 Å². The maximum atomic E-state index is 13.2. The summed E-state index contributed by atoms with van der Waals surface area (Å²) in [4.78, 5) is 48.5. The number of benzene rings is 1. The molecule has 1 aromatic carbocycles. The van der Waals surface area contributed by atoms with Crippen molar-refractivity contribution in [2.45, 2.75) is 26.7 Å². The number of carbonyl (C=O) groups excluding carboxylic acids is 4. The molecule has 1 heterocycles. The quantitative estimate of drug-likeness (QED) is 0.610. The summed E-state index contributed by atoms with van der Waals surface area (Å²) in [5, 5.41) is -0.197. The molecule has 1 unspecified atom stereocenters. The van der Waals surface area contributed by atoms with Crippen molar-refractivity contribution in [3.05, 3.63) is 29.0 Å². The third-order valence-corrected chi connectivity index (χ3v) is 4.19. The van der Waals surface area contributed by atoms with Crippen LogP contribution in [0, 0.1) is 17.7 Å². The highest BCUT2D eigenvalue weighted by atomic mass is 35.5. The lowest BCUT2D eigenvalue weighted by atomic mass is 9.88. The molecule has 5 nitrogen and oxygen atoms in total. The number of Topliss-reactive ketones (excluding diaryl/α,β-unsaturated/α-hetero) is 2. The van der Waals surface area contributed by atoms with E-state index in [1.54, 1.807) is 0 Å². The minimum Gasteiger partial charge on any atom is -0.299 e. The van der Waals surface area contributed by atoms with Crippen LogP contribution in [-0.4, -0.2) is 23.4 Å². The number of hydrogen-bond donors (Lipinski definition) is 0. The van der Waals surface area contributed by atoms with Gasteiger partial charge in [0.1, 0.15) is 17.4 Å². The van der Waals surface area contributed by atoms with Crippen LogP contribution in [0.4, 0.5) is 10.1 Å². The first-order valence-electron chi connectivity index (χ1n) is 7.05. The fraction of sp³-hybridized carbons (Fsp3) is 0.375. The minimum absolute atomic E-state index is 0.000662. The summed E-state index contributed by atoms with van der Waals surface area (Å²) >= 11 is 5.68. The van der Waals surface area contributed by atoms with Crippen molar-refractivity contribution < 1.29 is 23.6 Å². The lowest BCUT2D eigenvalue weighted by Crippen LogP contribution is -2.32. The topological polar surface area (TPSA) is 71.5 Å². The molecule has 0 N–H and O–H groups in total. The van der Waals surface area contributed by atoms with Crippen LogP contribution in [0.15, 0.2) is 18.2 Å². The zero-order valence-corrected chi connectivity index (χ0v) is 13.4. The molecule has 2 rings (SSSR count). The minimum atomic E-state index is -0.895. The average molecular weight is 340 g/mol. The number of halogens is 2. The summed E-state index contributed by atoms with van der Waals surface area (Å²) in [6.07, 6.45) is -0.0917. The van der Waals surface area contributed by atoms with Crippen LogP contribution in [0.5, 0.6) is 0 Å². The average Bonchev–Trinajstić information content (AvgIpc) is 2.73. The molecule has 7 heteroatoms. The van der Waals surface area contributed by atoms with Crippen LogP contribution in [0.3, 0.4) is 0 Å². The van der Waals surface area contributed by atoms with Gasteiger partial charge in [-0.05, 0) is 38.5 Å². The van der Waals surface area contributed by atoms with E-state index in [1.165, 1.54) is 26.0 Å². The summed E-state index contributed by atoms with van der Waals surface area (Å²) in [5.74, 6) is -3.93. The molecule has 1 fully saturated rings. The first-order valence-corrected chi connectivity index (χ1v) is 7.43. The van der Waals surface area contributed by atoms with Gasteiger partial charge >= 0.3 is 0 Å². The molecule has 1 aliphatic heterocycles. The van der Waals surface area contributed by atoms with Crippen LogP contribution < -0.4 is 4.90 Å². The molecule has 0 radical (unpaired) electrons. The molecule has 122 valence electrons. The molecule has 1 atom stereocenters. The van der Waals surface area contributed by atoms with Gasteiger partial charge in [0.15, 0.2) is 0 Å². The number of rotatable bonds is 5. The normalized spacial score (nSPS) is 18.0. The van der Waals surface area contributed by atoms with Crippen molar-refractivity contribution in [2.24, 2.45) is 11.8 Å². The summed E-state index contributed by atoms with van der Waals surface area (Å²) in [5.41, 5.74) is 0.177. The van der Waals surface area contributed by atoms with E-state index in [2.05, 4.69) is 0 Å². The largest absolute Gasteiger partial charge is 0.299 e. The zero-order chi connectivity index (χ0) is 17.3. The fourth-order valence-corrected chi connectivity index (χ4v) is 2.85. The fourth-order valence-electron chi connectivity index (χ4n) is 2.68. The van der Waals surface area contributed by atoms with E-state index in [0.717, 1.165) is 11.0 Å². The Hall–Kier alpha value is -2.08. The maximum absolute atomic E-state index is 13.2. The molecule has 23 heavy (non-hydrogen) atoms. The molecule has 2 amide bonds. The molecular weight excluding hydrogens is 325 g/mol. The number of anilines is 1. The molecule has 1 aliphatic rings. The Labute approximate surface area is 137 Å². The van der Waals surface area contributed by atoms with E-state index < -0.39 is 29.5 Å². The van der Waals surface area contributed by atoms with Crippen molar-refractivity contribution in [2.75, 3.05) is 4.90 Å². The van der Waals surface area contributed by atoms with Crippen LogP contribution in [0.1, 0.15) is 26.7 Å². The first-order chi connectivity index (χ1) is 10.7. The summed E-state index contributed by atoms with van der Waals surface area (Å²) in [6.45, 7) is 2.57. The molecule has 0 aliphatic carbocycles. The van der Waals surface area contributed by atoms with Gasteiger partial charge in [0.05, 0.1) is 16.6 Å². The lowest BCUT2D eigenvalue weighted by molar-refractivity contribution is -0.131. The molecular formula is C16H15ClFNO4. The second-order valence-electron chi connectivity index (χ2n) is 5.58. The van der Waals surface area contributed by atoms with Gasteiger partial charge in [-0.2, -0.15) is 0 Å². The Bertz CT molecular complexity index is 689. The van der Waals surface area contributed by atoms with Gasteiger partial charge in [0, 0.05) is 12.3 Å². The van der Waals surface area contributed by atoms with Gasteiger partial charge in [-0.3, -0.25) is 24.1 Å². The van der Waals surface area contributed by atoms with Crippen LogP contribution in [0.25, 0.3) is 0 Å². The van der Waals surface area contributed by atoms with Crippen LogP contribution in [0.2, 0.25) is 5.02 Å². The summed E-state index contributed by atoms with van der Waals surface area (Å²) < 4.78 is 13.2. The molecule has 1 saturated heterocycles. The van der Waals surface area contributed by atoms with Crippen molar-refractivity contribution in [3.63, 3.8) is 0 Å². The number of ketones is 2. The molecule has 0 saturated carbocycles. The van der Waals surface area contributed by atoms with Crippen LogP contribution >= 0.6 is 11.6 Å². The molecule has 0 aromatic heterocycles. The van der Waals surface area contributed by atoms with Gasteiger partial charge in [0.25, 0.3) is 0 Å². The highest BCUT2D eigenvalue weighted by molar-refractivity contribution is 6.31. The Morgan fingerprint density at radius 1 is 1.30 bits per heavy atom. The van der Waals surface area contributed by atoms with Gasteiger partial charge in [0.2, 0.25) is 11.8 Å². The predicted octanol–water partition coefficient (Wildman–Crippen LogP) is 2.54. The number of hydrogen-bond acceptors (Lipinski definition) is 4. The van der Waals surface area contributed by atoms with Crippen LogP contribution in [-0.2, 0) is 19.2 Å². The van der Waals surface area contributed by atoms with Crippen molar-refractivity contribution in [1.82, 2.24) is 0 Å². The first kappa shape index (κ1) is 17.3. The second kappa shape index (κ2) is 6.58. The maximum Gasteiger partial charge on any atom is 0.237 e. The van der Waals surface area contributed by atoms with Crippen molar-refractivity contribution in [3.8, 4) is 0 Å². The Balaban J connectivity index is 2.24. The highest BCUT2D eigenvalue weighted by Crippen LogP contribution is 2.32. The molecule has 1 aromatic rings. The Morgan fingerprint density at radius 3 is 2.43 bits per heavy atom. The second-order valence-corrected chi connectivity index (χ2v) is 5.98. The van der Waals surface area contributed by atoms with Crippen molar-refractivity contribution in [1.29, 1.82) is 0 Å². The Morgan fingerprint density at radius 2 is 1.91 bits per heavy atom. The zero-order valence-electron chi connectivity index (χ0n) is 12.6. The molecule has 0 bridgehead atoms. The van der Waals surface area contributed by atoms with E-state index in [0.29, 0.717) is 0 Å². The lowest BCUT2D eigenvalue weighted by Gasteiger charge is -2.17. The number of amides is 2. The van der Waals surface area contributed by atoms with Gasteiger partial charge in [-0.15, -0.1) is 0 Å². The number of carbonyl (C=O) groups is 4. The van der Waals surface area contributed by atoms with E-state index in [1.807, 2.05) is 0 Å². The van der Waals surface area contributed by atoms with E-state index >= 15 is 0 Å². The summed E-state index contributed by atoms with van der Waals surface area (Å²) in [6, 6.07) is 3.55. The predicted molar refractivity (Wildman–Crippen MR) is 81.5 cm³/mol. The third-order valence-electron chi connectivity index (χ3n) is 3.90. The SMILES string of the molecule is CC(=O)C(CC1CC(=O)N(c2ccc(F)c(Cl)c2)C1=O)C(C)=O. The summed E-state index contributed by atoms with van der Waals surface area (Å²) in [7, 11) is 0. The van der Waals surface area contributed by atoms with Gasteiger partial charge in [-0.1, -0.05) is 11.6 Å².